The van der Waals surface area contributed by atoms with Gasteiger partial charge in [-0.25, -0.2) is 0 Å². The van der Waals surface area contributed by atoms with Gasteiger partial charge in [0.2, 0.25) is 0 Å². The normalized spacial score (nSPS) is 10.3. The summed E-state index contributed by atoms with van der Waals surface area (Å²) in [7, 11) is 7.66. The minimum absolute atomic E-state index is 0.522. The Balaban J connectivity index is 2.82. The molecule has 0 aromatic heterocycles. The van der Waals surface area contributed by atoms with Gasteiger partial charge in [0.1, 0.15) is 7.85 Å². The lowest BCUT2D eigenvalue weighted by Gasteiger charge is -2.23. The monoisotopic (exact) mass is 159 g/mol. The largest absolute Gasteiger partial charge is 0.372 e. The van der Waals surface area contributed by atoms with Crippen LogP contribution in [0.5, 0.6) is 0 Å². The standard InChI is InChI=1S/C10H14BN/c1-8(2)12(3)10-6-4-9(11)5-7-10/h4-8H,1-3H3. The first-order valence-electron chi connectivity index (χ1n) is 4.19. The van der Waals surface area contributed by atoms with E-state index in [1.807, 2.05) is 24.3 Å². The van der Waals surface area contributed by atoms with Gasteiger partial charge in [0.05, 0.1) is 0 Å². The molecule has 0 aliphatic carbocycles. The number of rotatable bonds is 2. The zero-order valence-electron chi connectivity index (χ0n) is 7.91. The molecule has 0 aliphatic heterocycles. The van der Waals surface area contributed by atoms with Crippen molar-refractivity contribution in [2.75, 3.05) is 11.9 Å². The van der Waals surface area contributed by atoms with Crippen LogP contribution in [0.15, 0.2) is 24.3 Å². The predicted octanol–water partition coefficient (Wildman–Crippen LogP) is 1.32. The molecule has 0 fully saturated rings. The van der Waals surface area contributed by atoms with Gasteiger partial charge < -0.3 is 4.90 Å². The van der Waals surface area contributed by atoms with Crippen LogP contribution >= 0.6 is 0 Å². The first-order chi connectivity index (χ1) is 5.61. The van der Waals surface area contributed by atoms with E-state index >= 15 is 0 Å². The highest BCUT2D eigenvalue weighted by atomic mass is 15.1. The van der Waals surface area contributed by atoms with Crippen LogP contribution in [-0.4, -0.2) is 20.9 Å². The van der Waals surface area contributed by atoms with E-state index in [1.54, 1.807) is 0 Å². The lowest BCUT2D eigenvalue weighted by molar-refractivity contribution is 0.755. The lowest BCUT2D eigenvalue weighted by atomic mass is 9.96. The Labute approximate surface area is 75.8 Å². The molecule has 0 spiro atoms. The Hall–Kier alpha value is -0.915. The van der Waals surface area contributed by atoms with Crippen LogP contribution in [0.1, 0.15) is 13.8 Å². The summed E-state index contributed by atoms with van der Waals surface area (Å²) in [6.45, 7) is 4.33. The van der Waals surface area contributed by atoms with Gasteiger partial charge in [-0.3, -0.25) is 0 Å². The quantitative estimate of drug-likeness (QED) is 0.588. The van der Waals surface area contributed by atoms with E-state index in [0.29, 0.717) is 6.04 Å². The topological polar surface area (TPSA) is 3.24 Å². The Morgan fingerprint density at radius 2 is 1.67 bits per heavy atom. The summed E-state index contributed by atoms with van der Waals surface area (Å²) >= 11 is 0. The average Bonchev–Trinajstić information content (AvgIpc) is 2.04. The fraction of sp³-hybridized carbons (Fsp3) is 0.400. The van der Waals surface area contributed by atoms with E-state index < -0.39 is 0 Å². The molecule has 0 heterocycles. The molecular weight excluding hydrogens is 145 g/mol. The van der Waals surface area contributed by atoms with Gasteiger partial charge in [0.15, 0.2) is 0 Å². The summed E-state index contributed by atoms with van der Waals surface area (Å²) in [6.07, 6.45) is 0. The van der Waals surface area contributed by atoms with Crippen LogP contribution in [0.25, 0.3) is 0 Å². The maximum atomic E-state index is 5.58. The second-order valence-corrected chi connectivity index (χ2v) is 3.30. The van der Waals surface area contributed by atoms with E-state index in [1.165, 1.54) is 5.69 Å². The van der Waals surface area contributed by atoms with E-state index in [-0.39, 0.29) is 0 Å². The van der Waals surface area contributed by atoms with E-state index in [4.69, 9.17) is 7.85 Å². The van der Waals surface area contributed by atoms with Gasteiger partial charge >= 0.3 is 0 Å². The van der Waals surface area contributed by atoms with Gasteiger partial charge in [-0.1, -0.05) is 17.6 Å². The van der Waals surface area contributed by atoms with Gasteiger partial charge in [0.25, 0.3) is 0 Å². The third-order valence-corrected chi connectivity index (χ3v) is 2.07. The molecule has 12 heavy (non-hydrogen) atoms. The van der Waals surface area contributed by atoms with Crippen LogP contribution in [-0.2, 0) is 0 Å². The smallest absolute Gasteiger partial charge is 0.113 e. The molecule has 0 bridgehead atoms. The molecular formula is C10H14BN. The van der Waals surface area contributed by atoms with E-state index in [9.17, 15) is 0 Å². The zero-order valence-corrected chi connectivity index (χ0v) is 7.91. The number of benzene rings is 1. The first-order valence-corrected chi connectivity index (χ1v) is 4.19. The summed E-state index contributed by atoms with van der Waals surface area (Å²) in [5.74, 6) is 0. The number of hydrogen-bond acceptors (Lipinski definition) is 1. The molecule has 0 atom stereocenters. The highest BCUT2D eigenvalue weighted by Gasteiger charge is 2.02. The molecule has 1 nitrogen and oxygen atoms in total. The fourth-order valence-electron chi connectivity index (χ4n) is 1.01. The third-order valence-electron chi connectivity index (χ3n) is 2.07. The van der Waals surface area contributed by atoms with Gasteiger partial charge in [0, 0.05) is 18.8 Å². The number of hydrogen-bond donors (Lipinski definition) is 0. The molecule has 1 aromatic carbocycles. The van der Waals surface area contributed by atoms with Crippen molar-refractivity contribution in [1.82, 2.24) is 0 Å². The summed E-state index contributed by atoms with van der Waals surface area (Å²) in [5, 5.41) is 0. The van der Waals surface area contributed by atoms with Gasteiger partial charge in [-0.2, -0.15) is 0 Å². The van der Waals surface area contributed by atoms with Gasteiger partial charge in [-0.15, -0.1) is 0 Å². The van der Waals surface area contributed by atoms with Gasteiger partial charge in [-0.05, 0) is 26.0 Å². The van der Waals surface area contributed by atoms with Crippen LogP contribution in [0.4, 0.5) is 5.69 Å². The summed E-state index contributed by atoms with van der Waals surface area (Å²) in [6, 6.07) is 8.45. The van der Waals surface area contributed by atoms with Crippen LogP contribution in [0, 0.1) is 0 Å². The van der Waals surface area contributed by atoms with Crippen LogP contribution in [0.3, 0.4) is 0 Å². The molecule has 0 unspecified atom stereocenters. The van der Waals surface area contributed by atoms with Crippen molar-refractivity contribution in [3.8, 4) is 0 Å². The second kappa shape index (κ2) is 3.66. The van der Waals surface area contributed by atoms with Crippen LogP contribution in [0.2, 0.25) is 0 Å². The van der Waals surface area contributed by atoms with Crippen molar-refractivity contribution in [3.63, 3.8) is 0 Å². The molecule has 0 aliphatic rings. The summed E-state index contributed by atoms with van der Waals surface area (Å²) in [4.78, 5) is 2.21. The summed E-state index contributed by atoms with van der Waals surface area (Å²) < 4.78 is 0. The summed E-state index contributed by atoms with van der Waals surface area (Å²) in [5.41, 5.74) is 2.02. The molecule has 2 radical (unpaired) electrons. The highest BCUT2D eigenvalue weighted by molar-refractivity contribution is 6.32. The van der Waals surface area contributed by atoms with Crippen LogP contribution < -0.4 is 10.4 Å². The highest BCUT2D eigenvalue weighted by Crippen LogP contribution is 2.12. The van der Waals surface area contributed by atoms with E-state index in [2.05, 4.69) is 25.8 Å². The van der Waals surface area contributed by atoms with Crippen molar-refractivity contribution in [1.29, 1.82) is 0 Å². The number of nitrogens with zero attached hydrogens (tertiary/aromatic N) is 1. The van der Waals surface area contributed by atoms with E-state index in [0.717, 1.165) is 5.46 Å². The first kappa shape index (κ1) is 9.18. The zero-order chi connectivity index (χ0) is 9.14. The number of anilines is 1. The maximum absolute atomic E-state index is 5.58. The maximum Gasteiger partial charge on any atom is 0.113 e. The minimum Gasteiger partial charge on any atom is -0.372 e. The molecule has 1 rings (SSSR count). The molecule has 0 saturated heterocycles. The molecule has 0 N–H and O–H groups in total. The minimum atomic E-state index is 0.522. The Morgan fingerprint density at radius 3 is 2.08 bits per heavy atom. The predicted molar refractivity (Wildman–Crippen MR) is 55.4 cm³/mol. The molecule has 1 aromatic rings. The Kier molecular flexibility index (Phi) is 2.80. The average molecular weight is 159 g/mol. The fourth-order valence-corrected chi connectivity index (χ4v) is 1.01. The molecule has 0 saturated carbocycles. The molecule has 2 heteroatoms. The van der Waals surface area contributed by atoms with Crippen molar-refractivity contribution >= 4 is 19.0 Å². The molecule has 0 amide bonds. The lowest BCUT2D eigenvalue weighted by Crippen LogP contribution is -2.25. The third kappa shape index (κ3) is 2.03. The SMILES string of the molecule is [B]c1ccc(N(C)C(C)C)cc1. The van der Waals surface area contributed by atoms with Crippen molar-refractivity contribution in [2.24, 2.45) is 0 Å². The second-order valence-electron chi connectivity index (χ2n) is 3.30. The Bertz CT molecular complexity index is 241. The van der Waals surface area contributed by atoms with Crippen molar-refractivity contribution < 1.29 is 0 Å². The van der Waals surface area contributed by atoms with Crippen molar-refractivity contribution in [3.05, 3.63) is 24.3 Å². The Morgan fingerprint density at radius 1 is 1.17 bits per heavy atom. The van der Waals surface area contributed by atoms with Crippen molar-refractivity contribution in [2.45, 2.75) is 19.9 Å². The molecule has 62 valence electrons.